The molecule has 2 N–H and O–H groups in total. The maximum Gasteiger partial charge on any atom is 0.341 e. The van der Waals surface area contributed by atoms with Crippen LogP contribution in [0.3, 0.4) is 0 Å². The maximum absolute atomic E-state index is 12.0. The maximum atomic E-state index is 12.0. The van der Waals surface area contributed by atoms with Crippen molar-refractivity contribution in [1.82, 2.24) is 15.2 Å². The van der Waals surface area contributed by atoms with Gasteiger partial charge < -0.3 is 0 Å². The number of nitrogens with one attached hydrogen (secondary N) is 2. The fraction of sp³-hybridized carbons (Fsp3) is 0.500. The summed E-state index contributed by atoms with van der Waals surface area (Å²) in [5.74, 6) is 0. The molecule has 0 bridgehead atoms. The second-order valence-electron chi connectivity index (χ2n) is 5.03. The number of hydrogen-bond acceptors (Lipinski definition) is 3. The third-order valence-corrected chi connectivity index (χ3v) is 4.36. The third kappa shape index (κ3) is 4.61. The molecule has 0 saturated carbocycles. The summed E-state index contributed by atoms with van der Waals surface area (Å²) >= 11 is 0. The summed E-state index contributed by atoms with van der Waals surface area (Å²) in [6, 6.07) is 6.87. The van der Waals surface area contributed by atoms with E-state index in [0.29, 0.717) is 4.90 Å². The van der Waals surface area contributed by atoms with Crippen molar-refractivity contribution in [3.8, 4) is 0 Å². The molecule has 6 heteroatoms. The molecule has 0 aromatic heterocycles. The zero-order chi connectivity index (χ0) is 14.4. The Balaban J connectivity index is 1.84. The summed E-state index contributed by atoms with van der Waals surface area (Å²) in [6.07, 6.45) is 4.58. The van der Waals surface area contributed by atoms with Gasteiger partial charge in [-0.05, 0) is 31.9 Å². The predicted molar refractivity (Wildman–Crippen MR) is 79.3 cm³/mol. The number of carbonyl (C=O) groups excluding carboxylic acids is 1. The highest BCUT2D eigenvalue weighted by Gasteiger charge is 2.13. The van der Waals surface area contributed by atoms with Crippen molar-refractivity contribution in [2.75, 3.05) is 13.1 Å². The minimum atomic E-state index is -1.52. The Kier molecular flexibility index (Phi) is 5.55. The first-order valence-electron chi connectivity index (χ1n) is 6.96. The summed E-state index contributed by atoms with van der Waals surface area (Å²) < 4.78 is 14.5. The molecule has 1 atom stereocenters. The number of aryl methyl sites for hydroxylation is 1. The van der Waals surface area contributed by atoms with E-state index in [-0.39, 0.29) is 0 Å². The monoisotopic (exact) mass is 295 g/mol. The number of benzene rings is 1. The fourth-order valence-corrected chi connectivity index (χ4v) is 2.87. The van der Waals surface area contributed by atoms with Gasteiger partial charge in [-0.15, -0.1) is 0 Å². The molecule has 2 rings (SSSR count). The van der Waals surface area contributed by atoms with Crippen LogP contribution in [-0.2, 0) is 11.0 Å². The van der Waals surface area contributed by atoms with Crippen molar-refractivity contribution in [3.63, 3.8) is 0 Å². The van der Waals surface area contributed by atoms with E-state index in [0.717, 1.165) is 31.5 Å². The fourth-order valence-electron chi connectivity index (χ4n) is 2.15. The van der Waals surface area contributed by atoms with Crippen molar-refractivity contribution < 1.29 is 9.00 Å². The number of amides is 2. The number of hydrogen-bond donors (Lipinski definition) is 2. The van der Waals surface area contributed by atoms with Crippen LogP contribution < -0.4 is 10.1 Å². The second-order valence-corrected chi connectivity index (χ2v) is 6.24. The van der Waals surface area contributed by atoms with Crippen LogP contribution in [0.15, 0.2) is 29.2 Å². The molecular weight excluding hydrogens is 274 g/mol. The summed E-state index contributed by atoms with van der Waals surface area (Å²) in [7, 11) is -1.52. The van der Waals surface area contributed by atoms with E-state index in [1.807, 2.05) is 24.1 Å². The Bertz CT molecular complexity index is 468. The molecule has 1 aromatic rings. The van der Waals surface area contributed by atoms with Crippen molar-refractivity contribution in [1.29, 1.82) is 0 Å². The number of nitrogens with zero attached hydrogens (tertiary/aromatic N) is 1. The molecule has 2 amide bonds. The highest BCUT2D eigenvalue weighted by molar-refractivity contribution is 7.83. The average Bonchev–Trinajstić information content (AvgIpc) is 2.68. The van der Waals surface area contributed by atoms with Gasteiger partial charge in [-0.25, -0.2) is 14.0 Å². The van der Waals surface area contributed by atoms with Crippen LogP contribution in [-0.4, -0.2) is 28.3 Å². The van der Waals surface area contributed by atoms with Crippen LogP contribution in [0.2, 0.25) is 0 Å². The normalized spacial score (nSPS) is 18.1. The first-order chi connectivity index (χ1) is 9.65. The molecule has 0 aliphatic carbocycles. The van der Waals surface area contributed by atoms with Gasteiger partial charge in [0.1, 0.15) is 0 Å². The first kappa shape index (κ1) is 15.0. The van der Waals surface area contributed by atoms with Gasteiger partial charge in [0.15, 0.2) is 11.0 Å². The average molecular weight is 295 g/mol. The molecule has 1 aliphatic rings. The molecule has 1 aromatic carbocycles. The zero-order valence-electron chi connectivity index (χ0n) is 11.7. The lowest BCUT2D eigenvalue weighted by molar-refractivity contribution is 0.184. The van der Waals surface area contributed by atoms with Gasteiger partial charge in [-0.2, -0.15) is 0 Å². The largest absolute Gasteiger partial charge is 0.341 e. The van der Waals surface area contributed by atoms with Crippen LogP contribution in [0.25, 0.3) is 0 Å². The Hall–Kier alpha value is -1.40. The van der Waals surface area contributed by atoms with E-state index < -0.39 is 17.0 Å². The van der Waals surface area contributed by atoms with Gasteiger partial charge in [0.05, 0.1) is 4.90 Å². The van der Waals surface area contributed by atoms with Crippen LogP contribution in [0.5, 0.6) is 0 Å². The third-order valence-electron chi connectivity index (χ3n) is 3.29. The molecule has 1 saturated heterocycles. The standard InChI is InChI=1S/C14H21N3O2S/c1-12-6-8-13(9-7-12)20(19)16-14(18)15-17-10-4-2-3-5-11-17/h6-9H,2-5,10-11H2,1H3,(H2,15,16,18). The Morgan fingerprint density at radius 1 is 1.10 bits per heavy atom. The molecule has 110 valence electrons. The molecule has 1 unspecified atom stereocenters. The molecular formula is C14H21N3O2S. The minimum Gasteiger partial charge on any atom is -0.270 e. The smallest absolute Gasteiger partial charge is 0.270 e. The second kappa shape index (κ2) is 7.40. The van der Waals surface area contributed by atoms with Crippen molar-refractivity contribution in [2.24, 2.45) is 0 Å². The molecule has 0 spiro atoms. The molecule has 1 aliphatic heterocycles. The van der Waals surface area contributed by atoms with Gasteiger partial charge in [-0.1, -0.05) is 30.5 Å². The van der Waals surface area contributed by atoms with E-state index in [1.54, 1.807) is 12.1 Å². The van der Waals surface area contributed by atoms with Gasteiger partial charge in [0.25, 0.3) is 0 Å². The van der Waals surface area contributed by atoms with E-state index in [2.05, 4.69) is 10.1 Å². The minimum absolute atomic E-state index is 0.411. The SMILES string of the molecule is Cc1ccc(S(=O)NC(=O)NN2CCCCCC2)cc1. The van der Waals surface area contributed by atoms with E-state index in [1.165, 1.54) is 12.8 Å². The summed E-state index contributed by atoms with van der Waals surface area (Å²) in [5, 5.41) is 1.90. The quantitative estimate of drug-likeness (QED) is 0.898. The lowest BCUT2D eigenvalue weighted by Crippen LogP contribution is -2.48. The number of carbonyl (C=O) groups is 1. The summed E-state index contributed by atoms with van der Waals surface area (Å²) in [5.41, 5.74) is 3.86. The molecule has 1 fully saturated rings. The topological polar surface area (TPSA) is 61.4 Å². The van der Waals surface area contributed by atoms with Crippen LogP contribution in [0, 0.1) is 6.92 Å². The highest BCUT2D eigenvalue weighted by Crippen LogP contribution is 2.08. The lowest BCUT2D eigenvalue weighted by atomic mass is 10.2. The zero-order valence-corrected chi connectivity index (χ0v) is 12.5. The van der Waals surface area contributed by atoms with Gasteiger partial charge in [0.2, 0.25) is 0 Å². The summed E-state index contributed by atoms with van der Waals surface area (Å²) in [4.78, 5) is 12.4. The Morgan fingerprint density at radius 3 is 2.30 bits per heavy atom. The predicted octanol–water partition coefficient (Wildman–Crippen LogP) is 2.11. The Morgan fingerprint density at radius 2 is 1.70 bits per heavy atom. The summed E-state index contributed by atoms with van der Waals surface area (Å²) in [6.45, 7) is 3.67. The number of hydrazine groups is 1. The molecule has 1 heterocycles. The van der Waals surface area contributed by atoms with E-state index in [9.17, 15) is 9.00 Å². The molecule has 20 heavy (non-hydrogen) atoms. The van der Waals surface area contributed by atoms with E-state index >= 15 is 0 Å². The number of urea groups is 1. The first-order valence-corrected chi connectivity index (χ1v) is 8.11. The van der Waals surface area contributed by atoms with Crippen molar-refractivity contribution in [3.05, 3.63) is 29.8 Å². The Labute approximate surface area is 122 Å². The number of rotatable bonds is 3. The van der Waals surface area contributed by atoms with Gasteiger partial charge >= 0.3 is 6.03 Å². The highest BCUT2D eigenvalue weighted by atomic mass is 32.2. The van der Waals surface area contributed by atoms with Crippen molar-refractivity contribution >= 4 is 17.0 Å². The van der Waals surface area contributed by atoms with E-state index in [4.69, 9.17) is 0 Å². The lowest BCUT2D eigenvalue weighted by Gasteiger charge is -2.20. The molecule has 0 radical (unpaired) electrons. The van der Waals surface area contributed by atoms with Gasteiger partial charge in [-0.3, -0.25) is 10.1 Å². The molecule has 5 nitrogen and oxygen atoms in total. The van der Waals surface area contributed by atoms with Crippen LogP contribution in [0.4, 0.5) is 4.79 Å². The van der Waals surface area contributed by atoms with Crippen molar-refractivity contribution in [2.45, 2.75) is 37.5 Å². The van der Waals surface area contributed by atoms with Gasteiger partial charge in [0, 0.05) is 13.1 Å². The van der Waals surface area contributed by atoms with Crippen LogP contribution in [0.1, 0.15) is 31.2 Å². The van der Waals surface area contributed by atoms with Crippen LogP contribution >= 0.6 is 0 Å².